The Kier molecular flexibility index (Phi) is 3.67. The topological polar surface area (TPSA) is 90.0 Å². The van der Waals surface area contributed by atoms with Crippen LogP contribution in [0.5, 0.6) is 0 Å². The summed E-state index contributed by atoms with van der Waals surface area (Å²) in [6.07, 6.45) is 2.11. The van der Waals surface area contributed by atoms with Gasteiger partial charge in [-0.05, 0) is 24.6 Å². The van der Waals surface area contributed by atoms with Crippen LogP contribution in [-0.4, -0.2) is 18.2 Å². The second kappa shape index (κ2) is 5.12. The zero-order valence-corrected chi connectivity index (χ0v) is 11.9. The summed E-state index contributed by atoms with van der Waals surface area (Å²) in [5, 5.41) is 4.13. The van der Waals surface area contributed by atoms with E-state index in [0.717, 1.165) is 12.1 Å². The monoisotopic (exact) mass is 298 g/mol. The van der Waals surface area contributed by atoms with Crippen molar-refractivity contribution in [2.45, 2.75) is 18.2 Å². The standard InChI is InChI=1S/C12H15FN4O2S/c1-3-10-11(7-17(2)15-10)16-20(18,19)12-6-8(13)4-5-9(12)14/h4-7,16H,3,14H2,1-2H3. The highest BCUT2D eigenvalue weighted by Crippen LogP contribution is 2.24. The number of nitrogen functional groups attached to an aromatic ring is 1. The molecule has 0 fully saturated rings. The second-order valence-corrected chi connectivity index (χ2v) is 5.96. The molecule has 6 nitrogen and oxygen atoms in total. The van der Waals surface area contributed by atoms with Gasteiger partial charge in [-0.1, -0.05) is 6.92 Å². The lowest BCUT2D eigenvalue weighted by atomic mass is 10.3. The van der Waals surface area contributed by atoms with Crippen LogP contribution in [0.3, 0.4) is 0 Å². The number of aryl methyl sites for hydroxylation is 2. The average molecular weight is 298 g/mol. The van der Waals surface area contributed by atoms with Crippen LogP contribution in [0, 0.1) is 5.82 Å². The number of benzene rings is 1. The third-order valence-corrected chi connectivity index (χ3v) is 4.17. The first kappa shape index (κ1) is 14.3. The third kappa shape index (κ3) is 2.74. The van der Waals surface area contributed by atoms with E-state index in [9.17, 15) is 12.8 Å². The molecule has 1 aromatic heterocycles. The zero-order chi connectivity index (χ0) is 14.9. The summed E-state index contributed by atoms with van der Waals surface area (Å²) in [6, 6.07) is 3.21. The minimum atomic E-state index is -3.95. The Morgan fingerprint density at radius 2 is 2.15 bits per heavy atom. The molecule has 108 valence electrons. The van der Waals surface area contributed by atoms with Gasteiger partial charge in [0.25, 0.3) is 10.0 Å². The van der Waals surface area contributed by atoms with Crippen molar-refractivity contribution in [3.05, 3.63) is 35.9 Å². The van der Waals surface area contributed by atoms with E-state index in [1.165, 1.54) is 10.7 Å². The summed E-state index contributed by atoms with van der Waals surface area (Å²) in [5.74, 6) is -0.665. The van der Waals surface area contributed by atoms with Crippen LogP contribution in [0.25, 0.3) is 0 Å². The van der Waals surface area contributed by atoms with Gasteiger partial charge in [-0.15, -0.1) is 0 Å². The molecular formula is C12H15FN4O2S. The fourth-order valence-corrected chi connectivity index (χ4v) is 3.04. The number of anilines is 2. The van der Waals surface area contributed by atoms with Gasteiger partial charge in [0.15, 0.2) is 0 Å². The van der Waals surface area contributed by atoms with Gasteiger partial charge < -0.3 is 5.73 Å². The van der Waals surface area contributed by atoms with E-state index in [4.69, 9.17) is 5.73 Å². The third-order valence-electron chi connectivity index (χ3n) is 2.75. The highest BCUT2D eigenvalue weighted by Gasteiger charge is 2.20. The fraction of sp³-hybridized carbons (Fsp3) is 0.250. The molecule has 0 unspecified atom stereocenters. The molecule has 3 N–H and O–H groups in total. The molecule has 2 rings (SSSR count). The summed E-state index contributed by atoms with van der Waals surface area (Å²) in [6.45, 7) is 1.86. The highest BCUT2D eigenvalue weighted by molar-refractivity contribution is 7.92. The molecule has 20 heavy (non-hydrogen) atoms. The average Bonchev–Trinajstić information content (AvgIpc) is 2.71. The summed E-state index contributed by atoms with van der Waals surface area (Å²) >= 11 is 0. The van der Waals surface area contributed by atoms with Crippen molar-refractivity contribution < 1.29 is 12.8 Å². The SMILES string of the molecule is CCc1nn(C)cc1NS(=O)(=O)c1cc(F)ccc1N. The van der Waals surface area contributed by atoms with E-state index in [-0.39, 0.29) is 10.6 Å². The van der Waals surface area contributed by atoms with E-state index in [1.807, 2.05) is 6.92 Å². The molecule has 0 saturated carbocycles. The molecule has 0 radical (unpaired) electrons. The predicted molar refractivity (Wildman–Crippen MR) is 74.2 cm³/mol. The van der Waals surface area contributed by atoms with Crippen molar-refractivity contribution in [1.82, 2.24) is 9.78 Å². The van der Waals surface area contributed by atoms with Crippen molar-refractivity contribution in [3.8, 4) is 0 Å². The van der Waals surface area contributed by atoms with Gasteiger partial charge in [-0.2, -0.15) is 5.10 Å². The Morgan fingerprint density at radius 3 is 2.80 bits per heavy atom. The number of rotatable bonds is 4. The Balaban J connectivity index is 2.43. The molecule has 0 aliphatic carbocycles. The number of nitrogens with two attached hydrogens (primary N) is 1. The molecule has 0 saturated heterocycles. The molecule has 0 spiro atoms. The van der Waals surface area contributed by atoms with Crippen LogP contribution in [0.2, 0.25) is 0 Å². The number of sulfonamides is 1. The number of nitrogens with zero attached hydrogens (tertiary/aromatic N) is 2. The van der Waals surface area contributed by atoms with Crippen molar-refractivity contribution in [2.75, 3.05) is 10.5 Å². The van der Waals surface area contributed by atoms with E-state index in [1.54, 1.807) is 13.2 Å². The molecule has 8 heteroatoms. The maximum atomic E-state index is 13.2. The maximum absolute atomic E-state index is 13.2. The Labute approximate surface area is 116 Å². The van der Waals surface area contributed by atoms with Gasteiger partial charge in [-0.3, -0.25) is 9.40 Å². The van der Waals surface area contributed by atoms with Crippen LogP contribution in [-0.2, 0) is 23.5 Å². The largest absolute Gasteiger partial charge is 0.398 e. The maximum Gasteiger partial charge on any atom is 0.264 e. The van der Waals surface area contributed by atoms with E-state index in [0.29, 0.717) is 17.8 Å². The minimum Gasteiger partial charge on any atom is -0.398 e. The van der Waals surface area contributed by atoms with Gasteiger partial charge in [0.2, 0.25) is 0 Å². The second-order valence-electron chi connectivity index (χ2n) is 4.30. The predicted octanol–water partition coefficient (Wildman–Crippen LogP) is 1.50. The summed E-state index contributed by atoms with van der Waals surface area (Å²) in [4.78, 5) is -0.289. The van der Waals surface area contributed by atoms with Gasteiger partial charge in [0.1, 0.15) is 10.7 Å². The molecule has 0 bridgehead atoms. The lowest BCUT2D eigenvalue weighted by Crippen LogP contribution is -2.15. The van der Waals surface area contributed by atoms with E-state index >= 15 is 0 Å². The summed E-state index contributed by atoms with van der Waals surface area (Å²) in [5.41, 5.74) is 6.55. The van der Waals surface area contributed by atoms with Gasteiger partial charge >= 0.3 is 0 Å². The molecule has 2 aromatic rings. The first-order valence-corrected chi connectivity index (χ1v) is 7.42. The smallest absolute Gasteiger partial charge is 0.264 e. The van der Waals surface area contributed by atoms with Crippen molar-refractivity contribution in [2.24, 2.45) is 7.05 Å². The summed E-state index contributed by atoms with van der Waals surface area (Å²) in [7, 11) is -2.27. The number of hydrogen-bond donors (Lipinski definition) is 2. The minimum absolute atomic E-state index is 0.0131. The van der Waals surface area contributed by atoms with E-state index in [2.05, 4.69) is 9.82 Å². The van der Waals surface area contributed by atoms with Gasteiger partial charge in [-0.25, -0.2) is 12.8 Å². The van der Waals surface area contributed by atoms with Crippen molar-refractivity contribution >= 4 is 21.4 Å². The Hall–Kier alpha value is -2.09. The normalized spacial score (nSPS) is 11.6. The molecule has 0 aliphatic rings. The first-order valence-electron chi connectivity index (χ1n) is 5.94. The van der Waals surface area contributed by atoms with Crippen LogP contribution >= 0.6 is 0 Å². The van der Waals surface area contributed by atoms with Crippen LogP contribution < -0.4 is 10.5 Å². The molecule has 0 atom stereocenters. The molecule has 0 aliphatic heterocycles. The van der Waals surface area contributed by atoms with Crippen molar-refractivity contribution in [3.63, 3.8) is 0 Å². The molecule has 1 aromatic carbocycles. The van der Waals surface area contributed by atoms with Crippen LogP contribution in [0.1, 0.15) is 12.6 Å². The first-order chi connectivity index (χ1) is 9.33. The molecule has 0 amide bonds. The quantitative estimate of drug-likeness (QED) is 0.837. The van der Waals surface area contributed by atoms with Gasteiger partial charge in [0, 0.05) is 13.2 Å². The zero-order valence-electron chi connectivity index (χ0n) is 11.1. The number of hydrogen-bond acceptors (Lipinski definition) is 4. The number of nitrogens with one attached hydrogen (secondary N) is 1. The van der Waals surface area contributed by atoms with Crippen LogP contribution in [0.15, 0.2) is 29.3 Å². The molecular weight excluding hydrogens is 283 g/mol. The Bertz CT molecular complexity index is 740. The Morgan fingerprint density at radius 1 is 1.45 bits per heavy atom. The van der Waals surface area contributed by atoms with Gasteiger partial charge in [0.05, 0.1) is 17.1 Å². The van der Waals surface area contributed by atoms with E-state index < -0.39 is 15.8 Å². The highest BCUT2D eigenvalue weighted by atomic mass is 32.2. The lowest BCUT2D eigenvalue weighted by Gasteiger charge is -2.09. The molecule has 1 heterocycles. The number of aromatic nitrogens is 2. The lowest BCUT2D eigenvalue weighted by molar-refractivity contribution is 0.596. The number of halogens is 1. The van der Waals surface area contributed by atoms with Crippen LogP contribution in [0.4, 0.5) is 15.8 Å². The fourth-order valence-electron chi connectivity index (χ4n) is 1.82. The summed E-state index contributed by atoms with van der Waals surface area (Å²) < 4.78 is 41.6. The van der Waals surface area contributed by atoms with Crippen molar-refractivity contribution in [1.29, 1.82) is 0 Å².